The molecule has 9 aromatic rings. The van der Waals surface area contributed by atoms with Crippen molar-refractivity contribution in [2.75, 3.05) is 188 Å². The highest BCUT2D eigenvalue weighted by Crippen LogP contribution is 2.41. The van der Waals surface area contributed by atoms with E-state index in [9.17, 15) is 18.8 Å². The molecule has 0 N–H and O–H groups in total. The molecular weight excluding hydrogens is 1670 g/mol. The lowest BCUT2D eigenvalue weighted by Crippen LogP contribution is -2.56. The number of aryl methyl sites for hydroxylation is 1. The van der Waals surface area contributed by atoms with E-state index in [1.807, 2.05) is 48.8 Å². The van der Waals surface area contributed by atoms with E-state index in [1.54, 1.807) is 14.7 Å². The highest BCUT2D eigenvalue weighted by molar-refractivity contribution is 7.59. The number of amides is 3. The lowest BCUT2D eigenvalue weighted by atomic mass is 10.0. The Morgan fingerprint density at radius 2 is 0.812 bits per heavy atom. The molecule has 9 aliphatic heterocycles. The Bertz CT molecular complexity index is 5500. The van der Waals surface area contributed by atoms with Gasteiger partial charge >= 0.3 is 18.0 Å². The lowest BCUT2D eigenvalue weighted by molar-refractivity contribution is -0.129. The van der Waals surface area contributed by atoms with E-state index in [1.165, 1.54) is 59.2 Å². The maximum atomic E-state index is 14.6. The molecule has 4 aromatic heterocycles. The molecule has 0 spiro atoms. The van der Waals surface area contributed by atoms with Crippen molar-refractivity contribution >= 4 is 125 Å². The number of hydrogen-bond acceptors (Lipinski definition) is 22. The van der Waals surface area contributed by atoms with Crippen LogP contribution < -0.4 is 43.6 Å². The molecule has 3 amide bonds. The Balaban J connectivity index is 0.000000162. The SMILES string of the molecule is S.S.S.[C-]#[N+]CC1CN(c2nc(OC[C@@H]3CCCN3C)nc3c2CCN(c2ccc(F)c4ccccc24)C3)CCN1C(=O)C=C.[C-]#[N+]CC1CN(c2nc(OC[C@@H]3CCCN3C)nc3c2CCN(c2cccc4ccc(C)cc24)C3)CCN1C(=O)C=C.[C-]#[N+]CC1CN(c2nc(OC[C@@H]3CCCN3C)nc3c2CCN(c2cccc4ccncc24)C3)CCN1C(=O)C=C. The first-order chi connectivity index (χ1) is 61.0. The molecule has 6 fully saturated rings. The summed E-state index contributed by atoms with van der Waals surface area (Å²) in [7, 11) is 6.40. The Morgan fingerprint density at radius 1 is 0.430 bits per heavy atom. The number of carbonyl (C=O) groups is 3. The summed E-state index contributed by atoms with van der Waals surface area (Å²) in [6.45, 7) is 50.3. The summed E-state index contributed by atoms with van der Waals surface area (Å²) < 4.78 is 33.4. The number of fused-ring (bicyclic) bond motifs is 6. The topological polar surface area (TPSA) is 221 Å². The summed E-state index contributed by atoms with van der Waals surface area (Å²) >= 11 is 0. The van der Waals surface area contributed by atoms with Crippen molar-refractivity contribution < 1.29 is 33.0 Å². The van der Waals surface area contributed by atoms with E-state index in [0.29, 0.717) is 146 Å². The first-order valence-corrected chi connectivity index (χ1v) is 43.9. The van der Waals surface area contributed by atoms with Gasteiger partial charge in [-0.3, -0.25) is 19.4 Å². The van der Waals surface area contributed by atoms with Crippen LogP contribution in [0.25, 0.3) is 46.9 Å². The monoisotopic (exact) mass is 1790 g/mol. The van der Waals surface area contributed by atoms with Gasteiger partial charge in [0.05, 0.1) is 36.7 Å². The first kappa shape index (κ1) is 94.1. The first-order valence-electron chi connectivity index (χ1n) is 43.9. The number of carbonyl (C=O) groups excluding carboxylic acids is 3. The largest absolute Gasteiger partial charge is 0.462 e. The number of benzene rings is 5. The van der Waals surface area contributed by atoms with Gasteiger partial charge in [0, 0.05) is 164 Å². The van der Waals surface area contributed by atoms with Crippen LogP contribution in [0.15, 0.2) is 147 Å². The van der Waals surface area contributed by atoms with Gasteiger partial charge in [0.2, 0.25) is 37.4 Å². The molecule has 0 radical (unpaired) electrons. The molecule has 672 valence electrons. The number of rotatable bonds is 21. The summed E-state index contributed by atoms with van der Waals surface area (Å²) in [6, 6.07) is 33.9. The van der Waals surface area contributed by atoms with Gasteiger partial charge < -0.3 is 87.5 Å². The average molecular weight is 1790 g/mol. The van der Waals surface area contributed by atoms with Crippen molar-refractivity contribution in [3.63, 3.8) is 0 Å². The number of likely N-dealkylation sites (tertiary alicyclic amines) is 3. The average Bonchev–Trinajstić information content (AvgIpc) is 0.806. The van der Waals surface area contributed by atoms with Crippen molar-refractivity contribution in [2.45, 2.75) is 121 Å². The second kappa shape index (κ2) is 43.0. The van der Waals surface area contributed by atoms with Crippen molar-refractivity contribution in [3.8, 4) is 18.0 Å². The minimum atomic E-state index is -0.255. The second-order valence-electron chi connectivity index (χ2n) is 34.1. The van der Waals surface area contributed by atoms with Crippen LogP contribution in [0.4, 0.5) is 38.9 Å². The van der Waals surface area contributed by atoms with Crippen molar-refractivity contribution in [3.05, 3.63) is 227 Å². The summed E-state index contributed by atoms with van der Waals surface area (Å²) in [5.41, 5.74) is 10.7. The Kier molecular flexibility index (Phi) is 31.6. The molecule has 0 aliphatic carbocycles. The number of aromatic nitrogens is 7. The van der Waals surface area contributed by atoms with Crippen LogP contribution in [0.1, 0.15) is 77.9 Å². The molecular formula is C96H117FN22O6S3. The maximum Gasteiger partial charge on any atom is 0.318 e. The smallest absolute Gasteiger partial charge is 0.318 e. The van der Waals surface area contributed by atoms with Crippen LogP contribution in [-0.2, 0) is 53.3 Å². The number of piperazine rings is 3. The number of anilines is 6. The fraction of sp³-hybridized carbons (Fsp3) is 0.448. The minimum absolute atomic E-state index is 0. The zero-order chi connectivity index (χ0) is 86.8. The third-order valence-corrected chi connectivity index (χ3v) is 26.5. The molecule has 18 rings (SSSR count). The molecule has 128 heavy (non-hydrogen) atoms. The Hall–Kier alpha value is -11.6. The van der Waals surface area contributed by atoms with Gasteiger partial charge in [0.15, 0.2) is 0 Å². The fourth-order valence-corrected chi connectivity index (χ4v) is 19.5. The highest BCUT2D eigenvalue weighted by atomic mass is 32.1. The van der Waals surface area contributed by atoms with E-state index in [4.69, 9.17) is 63.8 Å². The Morgan fingerprint density at radius 3 is 1.20 bits per heavy atom. The third-order valence-electron chi connectivity index (χ3n) is 26.5. The number of hydrogen-bond donors (Lipinski definition) is 0. The third kappa shape index (κ3) is 20.7. The Labute approximate surface area is 771 Å². The molecule has 13 heterocycles. The molecule has 6 atom stereocenters. The molecule has 0 bridgehead atoms. The zero-order valence-electron chi connectivity index (χ0n) is 73.7. The predicted octanol–water partition coefficient (Wildman–Crippen LogP) is 11.5. The molecule has 0 saturated carbocycles. The van der Waals surface area contributed by atoms with Crippen LogP contribution in [0.2, 0.25) is 0 Å². The van der Waals surface area contributed by atoms with E-state index < -0.39 is 0 Å². The summed E-state index contributed by atoms with van der Waals surface area (Å²) in [5.74, 6) is 1.92. The number of ether oxygens (including phenoxy) is 3. The summed E-state index contributed by atoms with van der Waals surface area (Å²) in [5, 5.41) is 6.25. The van der Waals surface area contributed by atoms with E-state index in [0.717, 1.165) is 157 Å². The quantitative estimate of drug-likeness (QED) is 0.0482. The minimum Gasteiger partial charge on any atom is -0.462 e. The van der Waals surface area contributed by atoms with E-state index >= 15 is 0 Å². The fourth-order valence-electron chi connectivity index (χ4n) is 19.5. The van der Waals surface area contributed by atoms with Gasteiger partial charge in [0.25, 0.3) is 0 Å². The van der Waals surface area contributed by atoms with Crippen LogP contribution in [0, 0.1) is 32.5 Å². The zero-order valence-corrected chi connectivity index (χ0v) is 76.7. The van der Waals surface area contributed by atoms with Crippen molar-refractivity contribution in [1.82, 2.24) is 64.3 Å². The van der Waals surface area contributed by atoms with Gasteiger partial charge in [-0.05, 0) is 171 Å². The van der Waals surface area contributed by atoms with E-state index in [-0.39, 0.29) is 102 Å². The number of nitrogens with zero attached hydrogens (tertiary/aromatic N) is 22. The van der Waals surface area contributed by atoms with Gasteiger partial charge in [-0.15, -0.1) is 0 Å². The number of halogens is 1. The van der Waals surface area contributed by atoms with Crippen LogP contribution in [-0.4, -0.2) is 277 Å². The molecule has 3 unspecified atom stereocenters. The van der Waals surface area contributed by atoms with Crippen LogP contribution in [0.3, 0.4) is 0 Å². The number of pyridine rings is 1. The molecule has 5 aromatic carbocycles. The highest BCUT2D eigenvalue weighted by Gasteiger charge is 2.40. The molecule has 32 heteroatoms. The molecule has 28 nitrogen and oxygen atoms in total. The molecule has 6 saturated heterocycles. The summed E-state index contributed by atoms with van der Waals surface area (Å²) in [6.07, 6.45) is 16.8. The lowest BCUT2D eigenvalue weighted by Gasteiger charge is -2.41. The second-order valence-corrected chi connectivity index (χ2v) is 34.1. The van der Waals surface area contributed by atoms with Crippen molar-refractivity contribution in [2.24, 2.45) is 0 Å². The standard InChI is InChI=1S/C33H39N7O2.C32H36FN7O2.C31H36N8O2.3H2S/c1-5-31(41)40-17-16-39(20-26(40)19-34-3)32-27-13-15-38(30-10-6-8-24-12-11-23(2)18-28(24)30)21-29(27)35-33(36-32)42-22-25-9-7-14-37(25)4;1-4-30(41)40-17-16-39(19-23(40)18-34-2)31-26-13-15-38(29-12-11-27(33)24-9-5-6-10-25(24)29)20-28(26)35-32(36-31)42-21-22-8-7-14-37(22)3;1-4-29(40)39-16-15-38(19-24(39)17-32-2)30-25-11-14-37(28-9-5-7-22-10-12-33-18-26(22)28)20-27(25)34-31(35-30)41-21-23-8-6-13-36(23)3;;;/h5-6,8,10-12,18,25-26H,1,7,9,13-17,19-22H2,2,4H3;4-6,9-12,22-23H,1,7-8,13-21H2,3H3;4-5,7,9-10,12,18,23-24H,1,6,8,11,13-17,19-21H2,3H3;3*1H2/t25-,26?;22-,23?;23-,24?;;;/m000.../s1. The molecule has 9 aliphatic rings. The van der Waals surface area contributed by atoms with E-state index in [2.05, 4.69) is 166 Å². The summed E-state index contributed by atoms with van der Waals surface area (Å²) in [4.78, 5) is 109. The van der Waals surface area contributed by atoms with Gasteiger partial charge in [-0.25, -0.2) is 24.1 Å². The van der Waals surface area contributed by atoms with Gasteiger partial charge in [0.1, 0.15) is 61.2 Å². The normalized spacial score (nSPS) is 20.4. The van der Waals surface area contributed by atoms with Gasteiger partial charge in [-0.1, -0.05) is 86.0 Å². The maximum absolute atomic E-state index is 14.6. The van der Waals surface area contributed by atoms with Crippen molar-refractivity contribution in [1.29, 1.82) is 0 Å². The van der Waals surface area contributed by atoms with Crippen LogP contribution >= 0.6 is 40.5 Å². The van der Waals surface area contributed by atoms with Crippen LogP contribution in [0.5, 0.6) is 18.0 Å². The predicted molar refractivity (Wildman–Crippen MR) is 517 cm³/mol. The number of likely N-dealkylation sites (N-methyl/N-ethyl adjacent to an activating group) is 3. The van der Waals surface area contributed by atoms with Gasteiger partial charge in [-0.2, -0.15) is 70.4 Å².